The average molecular weight is 390 g/mol. The molecule has 0 spiro atoms. The summed E-state index contributed by atoms with van der Waals surface area (Å²) in [7, 11) is 1.55. The number of nitrogens with one attached hydrogen (secondary N) is 3. The fraction of sp³-hybridized carbons (Fsp3) is 0.211. The van der Waals surface area contributed by atoms with Gasteiger partial charge in [-0.2, -0.15) is 0 Å². The van der Waals surface area contributed by atoms with E-state index < -0.39 is 5.91 Å². The van der Waals surface area contributed by atoms with Gasteiger partial charge in [0, 0.05) is 29.1 Å². The number of hydrogen-bond donors (Lipinski definition) is 3. The largest absolute Gasteiger partial charge is 0.497 e. The van der Waals surface area contributed by atoms with E-state index in [2.05, 4.69) is 16.2 Å². The Kier molecular flexibility index (Phi) is 7.63. The van der Waals surface area contributed by atoms with Crippen molar-refractivity contribution in [2.45, 2.75) is 12.8 Å². The van der Waals surface area contributed by atoms with E-state index in [9.17, 15) is 14.4 Å². The van der Waals surface area contributed by atoms with E-state index in [0.29, 0.717) is 34.9 Å². The Labute approximate surface area is 162 Å². The molecule has 0 aliphatic rings. The number of rotatable bonds is 7. The second kappa shape index (κ2) is 10.2. The predicted octanol–water partition coefficient (Wildman–Crippen LogP) is 2.32. The topological polar surface area (TPSA) is 96.5 Å². The average Bonchev–Trinajstić information content (AvgIpc) is 2.69. The third-order valence-electron chi connectivity index (χ3n) is 3.64. The number of methoxy groups -OCH3 is 1. The van der Waals surface area contributed by atoms with Crippen LogP contribution in [0.3, 0.4) is 0 Å². The summed E-state index contributed by atoms with van der Waals surface area (Å²) < 4.78 is 5.04. The molecule has 27 heavy (non-hydrogen) atoms. The number of amides is 3. The lowest BCUT2D eigenvalue weighted by Gasteiger charge is -2.08. The van der Waals surface area contributed by atoms with Crippen LogP contribution in [-0.2, 0) is 4.79 Å². The van der Waals surface area contributed by atoms with E-state index in [4.69, 9.17) is 16.3 Å². The van der Waals surface area contributed by atoms with Gasteiger partial charge in [0.15, 0.2) is 0 Å². The molecule has 2 rings (SSSR count). The predicted molar refractivity (Wildman–Crippen MR) is 102 cm³/mol. The van der Waals surface area contributed by atoms with Crippen LogP contribution in [0.5, 0.6) is 5.75 Å². The lowest BCUT2D eigenvalue weighted by atomic mass is 10.2. The maximum atomic E-state index is 12.0. The maximum absolute atomic E-state index is 12.0. The summed E-state index contributed by atoms with van der Waals surface area (Å²) in [6.07, 6.45) is 0.592. The molecule has 0 saturated heterocycles. The minimum Gasteiger partial charge on any atom is -0.497 e. The number of carbonyl (C=O) groups is 3. The van der Waals surface area contributed by atoms with Gasteiger partial charge in [-0.1, -0.05) is 11.6 Å². The molecular formula is C19H20ClN3O4. The summed E-state index contributed by atoms with van der Waals surface area (Å²) in [6, 6.07) is 13.0. The van der Waals surface area contributed by atoms with Gasteiger partial charge in [-0.3, -0.25) is 25.2 Å². The van der Waals surface area contributed by atoms with Crippen LogP contribution in [0.4, 0.5) is 0 Å². The molecule has 3 amide bonds. The number of carbonyl (C=O) groups excluding carboxylic acids is 3. The Hall–Kier alpha value is -3.06. The zero-order valence-electron chi connectivity index (χ0n) is 14.8. The maximum Gasteiger partial charge on any atom is 0.269 e. The zero-order chi connectivity index (χ0) is 19.6. The number of hydrazine groups is 1. The van der Waals surface area contributed by atoms with Crippen LogP contribution in [0, 0.1) is 0 Å². The lowest BCUT2D eigenvalue weighted by Crippen LogP contribution is -2.41. The summed E-state index contributed by atoms with van der Waals surface area (Å²) in [5.41, 5.74) is 5.54. The molecule has 3 N–H and O–H groups in total. The molecule has 0 radical (unpaired) electrons. The lowest BCUT2D eigenvalue weighted by molar-refractivity contribution is -0.121. The van der Waals surface area contributed by atoms with Crippen LogP contribution in [0.1, 0.15) is 33.6 Å². The minimum atomic E-state index is -0.437. The van der Waals surface area contributed by atoms with Crippen molar-refractivity contribution in [1.82, 2.24) is 16.2 Å². The van der Waals surface area contributed by atoms with E-state index in [1.807, 2.05) is 0 Å². The molecule has 0 bridgehead atoms. The van der Waals surface area contributed by atoms with E-state index >= 15 is 0 Å². The molecule has 8 heteroatoms. The van der Waals surface area contributed by atoms with Gasteiger partial charge in [-0.05, 0) is 55.0 Å². The second-order valence-corrected chi connectivity index (χ2v) is 6.03. The van der Waals surface area contributed by atoms with Crippen molar-refractivity contribution >= 4 is 29.3 Å². The van der Waals surface area contributed by atoms with E-state index in [1.165, 1.54) is 0 Å². The summed E-state index contributed by atoms with van der Waals surface area (Å²) in [5.74, 6) is -0.346. The summed E-state index contributed by atoms with van der Waals surface area (Å²) in [4.78, 5) is 35.6. The van der Waals surface area contributed by atoms with Crippen molar-refractivity contribution < 1.29 is 19.1 Å². The van der Waals surface area contributed by atoms with Crippen molar-refractivity contribution in [3.05, 3.63) is 64.7 Å². The number of ether oxygens (including phenoxy) is 1. The molecule has 142 valence electrons. The molecular weight excluding hydrogens is 370 g/mol. The van der Waals surface area contributed by atoms with Crippen LogP contribution in [0.15, 0.2) is 48.5 Å². The number of halogens is 1. The molecule has 2 aromatic carbocycles. The van der Waals surface area contributed by atoms with Gasteiger partial charge in [-0.15, -0.1) is 0 Å². The van der Waals surface area contributed by atoms with Crippen molar-refractivity contribution in [1.29, 1.82) is 0 Å². The molecule has 0 saturated carbocycles. The van der Waals surface area contributed by atoms with Crippen LogP contribution in [0.25, 0.3) is 0 Å². The second-order valence-electron chi connectivity index (χ2n) is 5.60. The normalized spacial score (nSPS) is 10.0. The highest BCUT2D eigenvalue weighted by Gasteiger charge is 2.08. The van der Waals surface area contributed by atoms with E-state index in [0.717, 1.165) is 0 Å². The zero-order valence-corrected chi connectivity index (χ0v) is 15.5. The smallest absolute Gasteiger partial charge is 0.269 e. The third kappa shape index (κ3) is 6.63. The molecule has 0 aliphatic heterocycles. The molecule has 0 atom stereocenters. The van der Waals surface area contributed by atoms with Crippen molar-refractivity contribution in [3.63, 3.8) is 0 Å². The van der Waals surface area contributed by atoms with Crippen LogP contribution >= 0.6 is 11.6 Å². The quantitative estimate of drug-likeness (QED) is 0.500. The number of benzene rings is 2. The van der Waals surface area contributed by atoms with Crippen molar-refractivity contribution in [2.75, 3.05) is 13.7 Å². The van der Waals surface area contributed by atoms with Gasteiger partial charge in [0.25, 0.3) is 11.8 Å². The van der Waals surface area contributed by atoms with Crippen molar-refractivity contribution in [3.8, 4) is 5.75 Å². The van der Waals surface area contributed by atoms with Crippen LogP contribution < -0.4 is 20.9 Å². The summed E-state index contributed by atoms with van der Waals surface area (Å²) >= 11 is 5.75. The van der Waals surface area contributed by atoms with Gasteiger partial charge < -0.3 is 10.1 Å². The monoisotopic (exact) mass is 389 g/mol. The van der Waals surface area contributed by atoms with E-state index in [-0.39, 0.29) is 18.2 Å². The van der Waals surface area contributed by atoms with E-state index in [1.54, 1.807) is 55.6 Å². The highest BCUT2D eigenvalue weighted by atomic mass is 35.5. The minimum absolute atomic E-state index is 0.157. The van der Waals surface area contributed by atoms with Crippen molar-refractivity contribution in [2.24, 2.45) is 0 Å². The molecule has 0 fully saturated rings. The molecule has 0 aliphatic carbocycles. The fourth-order valence-electron chi connectivity index (χ4n) is 2.16. The third-order valence-corrected chi connectivity index (χ3v) is 3.89. The summed E-state index contributed by atoms with van der Waals surface area (Å²) in [6.45, 7) is 0.337. The molecule has 2 aromatic rings. The van der Waals surface area contributed by atoms with Gasteiger partial charge in [0.2, 0.25) is 5.91 Å². The highest BCUT2D eigenvalue weighted by Crippen LogP contribution is 2.11. The molecule has 0 heterocycles. The standard InChI is InChI=1S/C19H20ClN3O4/c1-27-16-10-6-13(7-11-16)18(25)21-12-2-3-17(24)22-23-19(26)14-4-8-15(20)9-5-14/h4-11H,2-3,12H2,1H3,(H,21,25)(H,22,24)(H,23,26). The molecule has 7 nitrogen and oxygen atoms in total. The molecule has 0 unspecified atom stereocenters. The Morgan fingerprint density at radius 2 is 1.48 bits per heavy atom. The van der Waals surface area contributed by atoms with Gasteiger partial charge >= 0.3 is 0 Å². The Morgan fingerprint density at radius 3 is 2.11 bits per heavy atom. The first-order valence-electron chi connectivity index (χ1n) is 8.26. The first-order valence-corrected chi connectivity index (χ1v) is 8.64. The SMILES string of the molecule is COc1ccc(C(=O)NCCCC(=O)NNC(=O)c2ccc(Cl)cc2)cc1. The number of hydrogen-bond acceptors (Lipinski definition) is 4. The summed E-state index contributed by atoms with van der Waals surface area (Å²) in [5, 5.41) is 3.25. The fourth-order valence-corrected chi connectivity index (χ4v) is 2.28. The van der Waals surface area contributed by atoms with Gasteiger partial charge in [-0.25, -0.2) is 0 Å². The first-order chi connectivity index (χ1) is 13.0. The van der Waals surface area contributed by atoms with Crippen LogP contribution in [0.2, 0.25) is 5.02 Å². The van der Waals surface area contributed by atoms with Gasteiger partial charge in [0.1, 0.15) is 5.75 Å². The van der Waals surface area contributed by atoms with Gasteiger partial charge in [0.05, 0.1) is 7.11 Å². The molecule has 0 aromatic heterocycles. The first kappa shape index (κ1) is 20.3. The highest BCUT2D eigenvalue weighted by molar-refractivity contribution is 6.30. The Balaban J connectivity index is 1.64. The van der Waals surface area contributed by atoms with Crippen LogP contribution in [-0.4, -0.2) is 31.4 Å². The Bertz CT molecular complexity index is 792. The Morgan fingerprint density at radius 1 is 0.889 bits per heavy atom.